The highest BCUT2D eigenvalue weighted by molar-refractivity contribution is 8.00. The van der Waals surface area contributed by atoms with Crippen LogP contribution in [0.15, 0.2) is 47.4 Å². The molecule has 0 saturated heterocycles. The van der Waals surface area contributed by atoms with Gasteiger partial charge in [-0.25, -0.2) is 4.39 Å². The van der Waals surface area contributed by atoms with E-state index in [0.29, 0.717) is 5.69 Å². The molecule has 0 unspecified atom stereocenters. The maximum atomic E-state index is 12.9. The first-order valence-electron chi connectivity index (χ1n) is 6.54. The van der Waals surface area contributed by atoms with Crippen LogP contribution in [0.1, 0.15) is 6.92 Å². The molecule has 1 N–H and O–H groups in total. The van der Waals surface area contributed by atoms with Gasteiger partial charge in [-0.15, -0.1) is 11.8 Å². The van der Waals surface area contributed by atoms with Gasteiger partial charge in [0, 0.05) is 17.0 Å². The van der Waals surface area contributed by atoms with Gasteiger partial charge in [0.05, 0.1) is 20.9 Å². The predicted octanol–water partition coefficient (Wildman–Crippen LogP) is 4.51. The molecule has 0 saturated carbocycles. The molecule has 120 valence electrons. The van der Waals surface area contributed by atoms with E-state index in [4.69, 9.17) is 11.6 Å². The third-order valence-corrected chi connectivity index (χ3v) is 4.34. The highest BCUT2D eigenvalue weighted by Gasteiger charge is 2.17. The van der Waals surface area contributed by atoms with Crippen molar-refractivity contribution in [2.24, 2.45) is 0 Å². The van der Waals surface area contributed by atoms with Crippen LogP contribution >= 0.6 is 23.4 Å². The van der Waals surface area contributed by atoms with Gasteiger partial charge in [-0.1, -0.05) is 11.6 Å². The number of benzene rings is 2. The minimum atomic E-state index is -0.565. The average Bonchev–Trinajstić information content (AvgIpc) is 2.51. The molecule has 0 bridgehead atoms. The highest BCUT2D eigenvalue weighted by atomic mass is 35.5. The van der Waals surface area contributed by atoms with Gasteiger partial charge in [-0.2, -0.15) is 0 Å². The van der Waals surface area contributed by atoms with Crippen LogP contribution in [0.2, 0.25) is 5.02 Å². The van der Waals surface area contributed by atoms with E-state index in [2.05, 4.69) is 5.32 Å². The number of nitro groups is 1. The van der Waals surface area contributed by atoms with Crippen molar-refractivity contribution in [2.75, 3.05) is 5.32 Å². The Morgan fingerprint density at radius 2 is 1.96 bits per heavy atom. The normalized spacial score (nSPS) is 11.8. The minimum Gasteiger partial charge on any atom is -0.324 e. The van der Waals surface area contributed by atoms with Crippen LogP contribution in [0.5, 0.6) is 0 Å². The fraction of sp³-hybridized carbons (Fsp3) is 0.133. The molecular formula is C15H12ClFN2O3S. The van der Waals surface area contributed by atoms with Crippen LogP contribution in [0.25, 0.3) is 0 Å². The molecule has 0 aliphatic rings. The number of rotatable bonds is 5. The van der Waals surface area contributed by atoms with Crippen molar-refractivity contribution in [3.8, 4) is 0 Å². The van der Waals surface area contributed by atoms with Crippen molar-refractivity contribution in [1.29, 1.82) is 0 Å². The molecule has 1 amide bonds. The molecule has 0 fully saturated rings. The molecule has 0 aromatic heterocycles. The van der Waals surface area contributed by atoms with Gasteiger partial charge in [0.15, 0.2) is 0 Å². The van der Waals surface area contributed by atoms with E-state index in [1.54, 1.807) is 19.1 Å². The summed E-state index contributed by atoms with van der Waals surface area (Å²) in [5.41, 5.74) is 0.149. The van der Waals surface area contributed by atoms with Gasteiger partial charge in [0.2, 0.25) is 5.91 Å². The number of non-ortho nitro benzene ring substituents is 1. The molecule has 0 heterocycles. The molecule has 0 aliphatic heterocycles. The zero-order chi connectivity index (χ0) is 17.0. The maximum absolute atomic E-state index is 12.9. The molecule has 1 atom stereocenters. The number of halogens is 2. The lowest BCUT2D eigenvalue weighted by Crippen LogP contribution is -2.22. The van der Waals surface area contributed by atoms with Crippen LogP contribution in [0.3, 0.4) is 0 Å². The summed E-state index contributed by atoms with van der Waals surface area (Å²) in [5, 5.41) is 12.9. The van der Waals surface area contributed by atoms with Gasteiger partial charge in [-0.05, 0) is 37.3 Å². The van der Waals surface area contributed by atoms with Gasteiger partial charge < -0.3 is 5.32 Å². The second kappa shape index (κ2) is 7.43. The number of amides is 1. The lowest BCUT2D eigenvalue weighted by atomic mass is 10.2. The molecule has 0 radical (unpaired) electrons. The molecule has 0 aliphatic carbocycles. The SMILES string of the molecule is C[C@H](Sc1ccc(F)cc1)C(=O)Nc1ccc([N+](=O)[O-])cc1Cl. The van der Waals surface area contributed by atoms with E-state index in [0.717, 1.165) is 4.90 Å². The van der Waals surface area contributed by atoms with Crippen molar-refractivity contribution in [1.82, 2.24) is 0 Å². The average molecular weight is 355 g/mol. The van der Waals surface area contributed by atoms with E-state index in [-0.39, 0.29) is 22.4 Å². The Kier molecular flexibility index (Phi) is 5.57. The quantitative estimate of drug-likeness (QED) is 0.487. The van der Waals surface area contributed by atoms with Crippen molar-refractivity contribution < 1.29 is 14.1 Å². The Bertz CT molecular complexity index is 740. The van der Waals surface area contributed by atoms with Gasteiger partial charge in [0.1, 0.15) is 5.82 Å². The summed E-state index contributed by atoms with van der Waals surface area (Å²) in [4.78, 5) is 23.0. The van der Waals surface area contributed by atoms with Gasteiger partial charge in [-0.3, -0.25) is 14.9 Å². The fourth-order valence-electron chi connectivity index (χ4n) is 1.72. The largest absolute Gasteiger partial charge is 0.324 e. The van der Waals surface area contributed by atoms with E-state index in [1.165, 1.54) is 42.1 Å². The summed E-state index contributed by atoms with van der Waals surface area (Å²) in [6.07, 6.45) is 0. The van der Waals surface area contributed by atoms with Crippen LogP contribution in [-0.2, 0) is 4.79 Å². The topological polar surface area (TPSA) is 72.2 Å². The highest BCUT2D eigenvalue weighted by Crippen LogP contribution is 2.28. The zero-order valence-corrected chi connectivity index (χ0v) is 13.5. The van der Waals surface area contributed by atoms with Crippen LogP contribution in [-0.4, -0.2) is 16.1 Å². The Morgan fingerprint density at radius 1 is 1.30 bits per heavy atom. The lowest BCUT2D eigenvalue weighted by Gasteiger charge is -2.13. The molecule has 2 rings (SSSR count). The van der Waals surface area contributed by atoms with E-state index in [1.807, 2.05) is 0 Å². The Morgan fingerprint density at radius 3 is 2.52 bits per heavy atom. The summed E-state index contributed by atoms with van der Waals surface area (Å²) in [5.74, 6) is -0.654. The standard InChI is InChI=1S/C15H12ClFN2O3S/c1-9(23-12-5-2-10(17)3-6-12)15(20)18-14-7-4-11(19(21)22)8-13(14)16/h2-9H,1H3,(H,18,20)/t9-/m0/s1. The Balaban J connectivity index is 2.03. The van der Waals surface area contributed by atoms with E-state index >= 15 is 0 Å². The molecule has 0 spiro atoms. The summed E-state index contributed by atoms with van der Waals surface area (Å²) in [6, 6.07) is 9.63. The zero-order valence-electron chi connectivity index (χ0n) is 12.0. The van der Waals surface area contributed by atoms with Gasteiger partial charge >= 0.3 is 0 Å². The molecule has 23 heavy (non-hydrogen) atoms. The Labute approximate surface area is 141 Å². The third-order valence-electron chi connectivity index (χ3n) is 2.92. The van der Waals surface area contributed by atoms with Crippen molar-refractivity contribution in [3.63, 3.8) is 0 Å². The molecule has 8 heteroatoms. The molecule has 2 aromatic carbocycles. The van der Waals surface area contributed by atoms with E-state index < -0.39 is 10.2 Å². The number of carbonyl (C=O) groups excluding carboxylic acids is 1. The van der Waals surface area contributed by atoms with E-state index in [9.17, 15) is 19.3 Å². The number of nitrogens with zero attached hydrogens (tertiary/aromatic N) is 1. The monoisotopic (exact) mass is 354 g/mol. The molecule has 2 aromatic rings. The number of thioether (sulfide) groups is 1. The summed E-state index contributed by atoms with van der Waals surface area (Å²) in [7, 11) is 0. The first-order valence-corrected chi connectivity index (χ1v) is 7.79. The van der Waals surface area contributed by atoms with Crippen LogP contribution in [0.4, 0.5) is 15.8 Å². The number of hydrogen-bond acceptors (Lipinski definition) is 4. The third kappa shape index (κ3) is 4.67. The summed E-state index contributed by atoms with van der Waals surface area (Å²) < 4.78 is 12.9. The van der Waals surface area contributed by atoms with Crippen molar-refractivity contribution >= 4 is 40.6 Å². The number of nitrogens with one attached hydrogen (secondary N) is 1. The summed E-state index contributed by atoms with van der Waals surface area (Å²) in [6.45, 7) is 1.70. The maximum Gasteiger partial charge on any atom is 0.271 e. The second-order valence-electron chi connectivity index (χ2n) is 4.62. The predicted molar refractivity (Wildman–Crippen MR) is 88.5 cm³/mol. The van der Waals surface area contributed by atoms with Crippen molar-refractivity contribution in [2.45, 2.75) is 17.1 Å². The smallest absolute Gasteiger partial charge is 0.271 e. The number of nitro benzene ring substituents is 1. The second-order valence-corrected chi connectivity index (χ2v) is 6.45. The first-order chi connectivity index (χ1) is 10.9. The Hall–Kier alpha value is -2.12. The van der Waals surface area contributed by atoms with Gasteiger partial charge in [0.25, 0.3) is 5.69 Å². The lowest BCUT2D eigenvalue weighted by molar-refractivity contribution is -0.384. The molecule has 5 nitrogen and oxygen atoms in total. The number of carbonyl (C=O) groups is 1. The van der Waals surface area contributed by atoms with Crippen molar-refractivity contribution in [3.05, 3.63) is 63.4 Å². The number of hydrogen-bond donors (Lipinski definition) is 1. The minimum absolute atomic E-state index is 0.0894. The summed E-state index contributed by atoms with van der Waals surface area (Å²) >= 11 is 7.20. The molecular weight excluding hydrogens is 343 g/mol. The van der Waals surface area contributed by atoms with Crippen LogP contribution < -0.4 is 5.32 Å². The first kappa shape index (κ1) is 17.2. The van der Waals surface area contributed by atoms with Crippen LogP contribution in [0, 0.1) is 15.9 Å². The fourth-order valence-corrected chi connectivity index (χ4v) is 2.81. The number of anilines is 1.